The molecule has 7 nitrogen and oxygen atoms in total. The van der Waals surface area contributed by atoms with Crippen LogP contribution in [0.15, 0.2) is 35.2 Å². The summed E-state index contributed by atoms with van der Waals surface area (Å²) in [4.78, 5) is 26.8. The minimum absolute atomic E-state index is 0.171. The number of methoxy groups -OCH3 is 1. The van der Waals surface area contributed by atoms with Gasteiger partial charge in [0.1, 0.15) is 17.6 Å². The average Bonchev–Trinajstić information content (AvgIpc) is 3.31. The molecule has 1 atom stereocenters. The van der Waals surface area contributed by atoms with Crippen LogP contribution in [-0.4, -0.2) is 35.6 Å². The van der Waals surface area contributed by atoms with Gasteiger partial charge in [-0.3, -0.25) is 9.69 Å². The Bertz CT molecular complexity index is 818. The van der Waals surface area contributed by atoms with E-state index in [1.54, 1.807) is 19.6 Å². The fourth-order valence-corrected chi connectivity index (χ4v) is 3.73. The van der Waals surface area contributed by atoms with Gasteiger partial charge in [0.2, 0.25) is 0 Å². The molecule has 2 aromatic rings. The number of imide groups is 1. The van der Waals surface area contributed by atoms with Crippen LogP contribution < -0.4 is 10.1 Å². The van der Waals surface area contributed by atoms with Crippen LogP contribution in [0.25, 0.3) is 0 Å². The van der Waals surface area contributed by atoms with Crippen LogP contribution in [0, 0.1) is 0 Å². The first-order valence-electron chi connectivity index (χ1n) is 8.34. The van der Waals surface area contributed by atoms with E-state index in [9.17, 15) is 9.59 Å². The number of ether oxygens (including phenoxy) is 1. The number of benzene rings is 1. The summed E-state index contributed by atoms with van der Waals surface area (Å²) in [7, 11) is 1.59. The standard InChI is InChI=1S/C18H19N3O4/c1-24-14-5-4-13-6-7-18(15(13)9-14)16(22)21(17(23)20-18)8-2-3-12-10-19-25-11-12/h4-5,9-11H,2-3,6-8H2,1H3,(H,20,23)/t18-/m0/s1. The molecule has 0 radical (unpaired) electrons. The maximum absolute atomic E-state index is 13.1. The van der Waals surface area contributed by atoms with E-state index in [4.69, 9.17) is 9.26 Å². The lowest BCUT2D eigenvalue weighted by molar-refractivity contribution is -0.131. The van der Waals surface area contributed by atoms with Gasteiger partial charge in [-0.2, -0.15) is 0 Å². The maximum atomic E-state index is 13.1. The van der Waals surface area contributed by atoms with Crippen molar-refractivity contribution in [3.63, 3.8) is 0 Å². The molecule has 2 aliphatic rings. The average molecular weight is 341 g/mol. The third kappa shape index (κ3) is 2.47. The first-order chi connectivity index (χ1) is 12.1. The van der Waals surface area contributed by atoms with Crippen molar-refractivity contribution < 1.29 is 18.8 Å². The van der Waals surface area contributed by atoms with E-state index in [0.29, 0.717) is 31.6 Å². The van der Waals surface area contributed by atoms with Crippen molar-refractivity contribution in [2.24, 2.45) is 0 Å². The lowest BCUT2D eigenvalue weighted by atomic mass is 9.91. The van der Waals surface area contributed by atoms with Crippen LogP contribution >= 0.6 is 0 Å². The number of nitrogens with one attached hydrogen (secondary N) is 1. The molecule has 1 N–H and O–H groups in total. The van der Waals surface area contributed by atoms with Gasteiger partial charge in [0, 0.05) is 12.1 Å². The molecule has 0 saturated carbocycles. The summed E-state index contributed by atoms with van der Waals surface area (Å²) in [5.41, 5.74) is 1.95. The number of fused-ring (bicyclic) bond motifs is 2. The number of hydrogen-bond acceptors (Lipinski definition) is 5. The zero-order valence-electron chi connectivity index (χ0n) is 13.9. The zero-order valence-corrected chi connectivity index (χ0v) is 13.9. The zero-order chi connectivity index (χ0) is 17.4. The second-order valence-corrected chi connectivity index (χ2v) is 6.45. The predicted octanol–water partition coefficient (Wildman–Crippen LogP) is 2.01. The molecule has 1 fully saturated rings. The molecular formula is C18H19N3O4. The third-order valence-electron chi connectivity index (χ3n) is 5.05. The van der Waals surface area contributed by atoms with E-state index in [1.807, 2.05) is 18.2 Å². The predicted molar refractivity (Wildman–Crippen MR) is 88.1 cm³/mol. The first kappa shape index (κ1) is 15.7. The van der Waals surface area contributed by atoms with Gasteiger partial charge >= 0.3 is 6.03 Å². The van der Waals surface area contributed by atoms with Crippen molar-refractivity contribution in [2.75, 3.05) is 13.7 Å². The Morgan fingerprint density at radius 3 is 3.04 bits per heavy atom. The van der Waals surface area contributed by atoms with Gasteiger partial charge in [0.25, 0.3) is 5.91 Å². The number of carbonyl (C=O) groups excluding carboxylic acids is 2. The number of rotatable bonds is 5. The van der Waals surface area contributed by atoms with Crippen molar-refractivity contribution in [1.29, 1.82) is 0 Å². The number of aromatic nitrogens is 1. The molecular weight excluding hydrogens is 322 g/mol. The Hall–Kier alpha value is -2.83. The highest BCUT2D eigenvalue weighted by atomic mass is 16.5. The molecule has 2 heterocycles. The quantitative estimate of drug-likeness (QED) is 0.841. The second-order valence-electron chi connectivity index (χ2n) is 6.45. The summed E-state index contributed by atoms with van der Waals surface area (Å²) >= 11 is 0. The van der Waals surface area contributed by atoms with E-state index in [0.717, 1.165) is 23.1 Å². The number of urea groups is 1. The largest absolute Gasteiger partial charge is 0.497 e. The van der Waals surface area contributed by atoms with Crippen LogP contribution in [0.1, 0.15) is 29.5 Å². The number of nitrogens with zero attached hydrogens (tertiary/aromatic N) is 2. The van der Waals surface area contributed by atoms with E-state index >= 15 is 0 Å². The smallest absolute Gasteiger partial charge is 0.325 e. The lowest BCUT2D eigenvalue weighted by Crippen LogP contribution is -2.42. The van der Waals surface area contributed by atoms with Crippen molar-refractivity contribution in [3.8, 4) is 5.75 Å². The minimum atomic E-state index is -0.946. The molecule has 4 rings (SSSR count). The SMILES string of the molecule is COc1ccc2c(c1)[C@]1(CC2)NC(=O)N(CCCc2cnoc2)C1=O. The molecule has 1 saturated heterocycles. The Morgan fingerprint density at radius 1 is 1.40 bits per heavy atom. The summed E-state index contributed by atoms with van der Waals surface area (Å²) < 4.78 is 10.1. The Labute approximate surface area is 144 Å². The molecule has 1 aromatic heterocycles. The van der Waals surface area contributed by atoms with E-state index in [1.165, 1.54) is 4.90 Å². The van der Waals surface area contributed by atoms with Gasteiger partial charge in [0.15, 0.2) is 0 Å². The van der Waals surface area contributed by atoms with Crippen molar-refractivity contribution in [2.45, 2.75) is 31.2 Å². The summed E-state index contributed by atoms with van der Waals surface area (Å²) in [6.07, 6.45) is 5.95. The third-order valence-corrected chi connectivity index (χ3v) is 5.05. The fraction of sp³-hybridized carbons (Fsp3) is 0.389. The summed E-state index contributed by atoms with van der Waals surface area (Å²) in [6, 6.07) is 5.39. The van der Waals surface area contributed by atoms with Gasteiger partial charge in [-0.1, -0.05) is 11.2 Å². The highest BCUT2D eigenvalue weighted by Gasteiger charge is 2.55. The van der Waals surface area contributed by atoms with Crippen LogP contribution in [-0.2, 0) is 23.2 Å². The molecule has 1 aliphatic carbocycles. The number of amides is 3. The Morgan fingerprint density at radius 2 is 2.28 bits per heavy atom. The molecule has 0 bridgehead atoms. The monoisotopic (exact) mass is 341 g/mol. The fourth-order valence-electron chi connectivity index (χ4n) is 3.73. The topological polar surface area (TPSA) is 84.7 Å². The highest BCUT2D eigenvalue weighted by Crippen LogP contribution is 2.42. The molecule has 3 amide bonds. The van der Waals surface area contributed by atoms with Crippen LogP contribution in [0.2, 0.25) is 0 Å². The highest BCUT2D eigenvalue weighted by molar-refractivity contribution is 6.08. The number of carbonyl (C=O) groups is 2. The normalized spacial score (nSPS) is 21.7. The molecule has 130 valence electrons. The van der Waals surface area contributed by atoms with Crippen LogP contribution in [0.3, 0.4) is 0 Å². The molecule has 25 heavy (non-hydrogen) atoms. The van der Waals surface area contributed by atoms with Crippen LogP contribution in [0.4, 0.5) is 4.79 Å². The number of aryl methyl sites for hydroxylation is 2. The summed E-state index contributed by atoms with van der Waals surface area (Å²) in [5, 5.41) is 6.59. The van der Waals surface area contributed by atoms with E-state index in [2.05, 4.69) is 10.5 Å². The second kappa shape index (κ2) is 5.91. The van der Waals surface area contributed by atoms with Gasteiger partial charge in [-0.05, 0) is 48.9 Å². The van der Waals surface area contributed by atoms with E-state index in [-0.39, 0.29) is 11.9 Å². The molecule has 1 spiro atoms. The lowest BCUT2D eigenvalue weighted by Gasteiger charge is -2.22. The summed E-state index contributed by atoms with van der Waals surface area (Å²) in [6.45, 7) is 0.372. The molecule has 1 aliphatic heterocycles. The Kier molecular flexibility index (Phi) is 3.71. The van der Waals surface area contributed by atoms with Gasteiger partial charge in [-0.15, -0.1) is 0 Å². The Balaban J connectivity index is 1.54. The van der Waals surface area contributed by atoms with Crippen molar-refractivity contribution >= 4 is 11.9 Å². The van der Waals surface area contributed by atoms with Crippen LogP contribution in [0.5, 0.6) is 5.75 Å². The minimum Gasteiger partial charge on any atom is -0.497 e. The molecule has 7 heteroatoms. The van der Waals surface area contributed by atoms with E-state index < -0.39 is 5.54 Å². The van der Waals surface area contributed by atoms with Gasteiger partial charge in [0.05, 0.1) is 13.3 Å². The molecule has 1 aromatic carbocycles. The summed E-state index contributed by atoms with van der Waals surface area (Å²) in [5.74, 6) is 0.516. The van der Waals surface area contributed by atoms with Gasteiger partial charge < -0.3 is 14.6 Å². The molecule has 0 unspecified atom stereocenters. The maximum Gasteiger partial charge on any atom is 0.325 e. The van der Waals surface area contributed by atoms with Crippen molar-refractivity contribution in [3.05, 3.63) is 47.3 Å². The van der Waals surface area contributed by atoms with Gasteiger partial charge in [-0.25, -0.2) is 4.79 Å². The van der Waals surface area contributed by atoms with Crippen molar-refractivity contribution in [1.82, 2.24) is 15.4 Å². The number of hydrogen-bond donors (Lipinski definition) is 1. The first-order valence-corrected chi connectivity index (χ1v) is 8.34.